The molecule has 12 heteroatoms. The van der Waals surface area contributed by atoms with Crippen molar-refractivity contribution in [2.24, 2.45) is 22.7 Å². The number of halogens is 1. The maximum Gasteiger partial charge on any atom is 0.338 e. The Balaban J connectivity index is 1.31. The zero-order chi connectivity index (χ0) is 31.9. The second kappa shape index (κ2) is 10.3. The van der Waals surface area contributed by atoms with E-state index in [1.807, 2.05) is 6.92 Å². The standard InChI is InChI=1S/C32H38FNO10/c1-28(2)43-26-14-23-22-10-9-19-13-20(35)11-12-29(19,3)31(22,33)24(36)15-30(23,4)32(26,44-28)25(37)17-41-27(38)21-8-6-5-7-18(21)16-42-34(39)40/h5-8,11-13,22-24,26,36,39-40H,9-10,14-17H2,1-4H3/t22?,23-,24-,26+,29-,30-,31-,32+/m0/s1. The van der Waals surface area contributed by atoms with Gasteiger partial charge < -0.3 is 19.3 Å². The molecule has 8 atom stereocenters. The van der Waals surface area contributed by atoms with Crippen LogP contribution in [0.4, 0.5) is 4.39 Å². The van der Waals surface area contributed by atoms with Crippen molar-refractivity contribution in [3.05, 3.63) is 59.2 Å². The van der Waals surface area contributed by atoms with Crippen molar-refractivity contribution in [1.29, 1.82) is 0 Å². The van der Waals surface area contributed by atoms with Crippen molar-refractivity contribution in [2.45, 2.75) is 89.2 Å². The molecule has 1 aliphatic heterocycles. The third-order valence-corrected chi connectivity index (χ3v) is 11.0. The molecule has 1 heterocycles. The Bertz CT molecular complexity index is 1460. The van der Waals surface area contributed by atoms with E-state index in [-0.39, 0.29) is 29.9 Å². The second-order valence-corrected chi connectivity index (χ2v) is 13.5. The molecule has 0 aromatic heterocycles. The van der Waals surface area contributed by atoms with E-state index in [2.05, 4.69) is 4.84 Å². The van der Waals surface area contributed by atoms with Crippen LogP contribution >= 0.6 is 0 Å². The van der Waals surface area contributed by atoms with E-state index in [1.165, 1.54) is 24.3 Å². The van der Waals surface area contributed by atoms with Crippen molar-refractivity contribution >= 4 is 17.5 Å². The predicted octanol–water partition coefficient (Wildman–Crippen LogP) is 3.80. The Morgan fingerprint density at radius 2 is 1.86 bits per heavy atom. The summed E-state index contributed by atoms with van der Waals surface area (Å²) in [5.74, 6) is -3.84. The summed E-state index contributed by atoms with van der Waals surface area (Å²) < 4.78 is 35.8. The van der Waals surface area contributed by atoms with Crippen LogP contribution in [0, 0.1) is 22.7 Å². The minimum absolute atomic E-state index is 0.0595. The number of hydrogen-bond acceptors (Lipinski definition) is 11. The molecular weight excluding hydrogens is 577 g/mol. The zero-order valence-electron chi connectivity index (χ0n) is 25.1. The number of rotatable bonds is 7. The van der Waals surface area contributed by atoms with E-state index in [9.17, 15) is 19.5 Å². The van der Waals surface area contributed by atoms with Gasteiger partial charge in [0.15, 0.2) is 29.4 Å². The van der Waals surface area contributed by atoms with E-state index < -0.39 is 75.7 Å². The van der Waals surface area contributed by atoms with Crippen molar-refractivity contribution in [2.75, 3.05) is 6.61 Å². The van der Waals surface area contributed by atoms with Gasteiger partial charge in [0.1, 0.15) is 0 Å². The molecule has 3 saturated carbocycles. The highest BCUT2D eigenvalue weighted by Gasteiger charge is 2.80. The van der Waals surface area contributed by atoms with Gasteiger partial charge in [0, 0.05) is 16.7 Å². The van der Waals surface area contributed by atoms with E-state index in [0.717, 1.165) is 0 Å². The number of aliphatic hydroxyl groups is 1. The first-order valence-corrected chi connectivity index (χ1v) is 14.9. The minimum Gasteiger partial charge on any atom is -0.454 e. The summed E-state index contributed by atoms with van der Waals surface area (Å²) in [5.41, 5.74) is -4.97. The van der Waals surface area contributed by atoms with Crippen LogP contribution in [-0.2, 0) is 35.2 Å². The van der Waals surface area contributed by atoms with Gasteiger partial charge in [0.25, 0.3) is 0 Å². The number of aliphatic hydroxyl groups excluding tert-OH is 1. The number of alkyl halides is 1. The number of benzene rings is 1. The first-order chi connectivity index (χ1) is 20.6. The first-order valence-electron chi connectivity index (χ1n) is 14.9. The first kappa shape index (κ1) is 31.2. The average Bonchev–Trinajstić information content (AvgIpc) is 3.37. The van der Waals surface area contributed by atoms with Crippen molar-refractivity contribution < 1.29 is 53.3 Å². The normalized spacial score (nSPS) is 40.1. The number of hydrogen-bond donors (Lipinski definition) is 3. The highest BCUT2D eigenvalue weighted by molar-refractivity contribution is 6.01. The fourth-order valence-electron chi connectivity index (χ4n) is 9.10. The largest absolute Gasteiger partial charge is 0.454 e. The molecule has 4 fully saturated rings. The van der Waals surface area contributed by atoms with Gasteiger partial charge in [-0.3, -0.25) is 20.0 Å². The van der Waals surface area contributed by atoms with Gasteiger partial charge in [-0.05, 0) is 76.2 Å². The molecule has 0 bridgehead atoms. The molecule has 1 saturated heterocycles. The van der Waals surface area contributed by atoms with Gasteiger partial charge in [-0.25, -0.2) is 14.0 Å². The number of carbonyl (C=O) groups excluding carboxylic acids is 3. The molecule has 0 spiro atoms. The van der Waals surface area contributed by atoms with Crippen LogP contribution in [0.25, 0.3) is 0 Å². The van der Waals surface area contributed by atoms with Gasteiger partial charge in [0.2, 0.25) is 5.78 Å². The summed E-state index contributed by atoms with van der Waals surface area (Å²) in [5, 5.41) is 29.0. The summed E-state index contributed by atoms with van der Waals surface area (Å²) in [6.07, 6.45) is 3.21. The molecule has 1 aromatic rings. The van der Waals surface area contributed by atoms with Gasteiger partial charge in [-0.1, -0.05) is 36.8 Å². The maximum absolute atomic E-state index is 17.6. The molecule has 11 nitrogen and oxygen atoms in total. The Hall–Kier alpha value is -2.84. The molecule has 238 valence electrons. The minimum atomic E-state index is -2.09. The molecule has 1 aromatic carbocycles. The fourth-order valence-corrected chi connectivity index (χ4v) is 9.10. The molecule has 0 amide bonds. The fraction of sp³-hybridized carbons (Fsp3) is 0.594. The lowest BCUT2D eigenvalue weighted by Gasteiger charge is -2.62. The lowest BCUT2D eigenvalue weighted by molar-refractivity contribution is -0.497. The van der Waals surface area contributed by atoms with Gasteiger partial charge in [0.05, 0.1) is 29.8 Å². The van der Waals surface area contributed by atoms with Crippen LogP contribution in [0.15, 0.2) is 48.1 Å². The number of esters is 1. The van der Waals surface area contributed by atoms with Crippen LogP contribution in [0.2, 0.25) is 0 Å². The molecular formula is C32H38FNO10. The molecule has 44 heavy (non-hydrogen) atoms. The van der Waals surface area contributed by atoms with Gasteiger partial charge in [-0.15, -0.1) is 0 Å². The lowest BCUT2D eigenvalue weighted by atomic mass is 9.44. The third kappa shape index (κ3) is 4.30. The number of ether oxygens (including phenoxy) is 3. The van der Waals surface area contributed by atoms with Crippen molar-refractivity contribution in [3.63, 3.8) is 0 Å². The third-order valence-electron chi connectivity index (χ3n) is 11.0. The van der Waals surface area contributed by atoms with E-state index in [1.54, 1.807) is 39.0 Å². The number of carbonyl (C=O) groups is 3. The number of Topliss-reactive ketones (excluding diaryl/α,β-unsaturated/α-hetero) is 1. The van der Waals surface area contributed by atoms with E-state index >= 15 is 4.39 Å². The highest BCUT2D eigenvalue weighted by atomic mass is 19.1. The Kier molecular flexibility index (Phi) is 7.32. The quantitative estimate of drug-likeness (QED) is 0.303. The van der Waals surface area contributed by atoms with Crippen LogP contribution in [0.1, 0.15) is 69.3 Å². The van der Waals surface area contributed by atoms with Crippen LogP contribution in [-0.4, -0.2) is 74.3 Å². The molecule has 0 radical (unpaired) electrons. The monoisotopic (exact) mass is 615 g/mol. The SMILES string of the molecule is CC1(C)O[C@@H]2C[C@H]3C4CCC5=CC(=O)C=C[C@]5(C)[C@@]4(F)[C@@H](O)C[C@]3(C)[C@]2(C(=O)COC(=O)c2ccccc2CON(O)O)O1. The maximum atomic E-state index is 17.6. The van der Waals surface area contributed by atoms with Gasteiger partial charge >= 0.3 is 5.97 Å². The van der Waals surface area contributed by atoms with E-state index in [4.69, 9.17) is 24.6 Å². The Morgan fingerprint density at radius 1 is 1.14 bits per heavy atom. The second-order valence-electron chi connectivity index (χ2n) is 13.5. The summed E-state index contributed by atoms with van der Waals surface area (Å²) >= 11 is 0. The number of ketones is 2. The number of allylic oxidation sites excluding steroid dienone is 4. The highest BCUT2D eigenvalue weighted by Crippen LogP contribution is 2.72. The molecule has 5 aliphatic rings. The molecule has 4 aliphatic carbocycles. The topological polar surface area (TPSA) is 152 Å². The number of nitrogens with zero attached hydrogens (tertiary/aromatic N) is 1. The Labute approximate surface area is 254 Å². The summed E-state index contributed by atoms with van der Waals surface area (Å²) in [4.78, 5) is 44.2. The predicted molar refractivity (Wildman–Crippen MR) is 148 cm³/mol. The van der Waals surface area contributed by atoms with Crippen LogP contribution in [0.3, 0.4) is 0 Å². The smallest absolute Gasteiger partial charge is 0.338 e. The molecule has 3 N–H and O–H groups in total. The van der Waals surface area contributed by atoms with Crippen molar-refractivity contribution in [1.82, 2.24) is 5.39 Å². The average molecular weight is 616 g/mol. The van der Waals surface area contributed by atoms with Crippen LogP contribution in [0.5, 0.6) is 0 Å². The number of fused-ring (bicyclic) bond motifs is 7. The molecule has 6 rings (SSSR count). The molecule has 1 unspecified atom stereocenters. The zero-order valence-corrected chi connectivity index (χ0v) is 25.1. The van der Waals surface area contributed by atoms with Crippen molar-refractivity contribution in [3.8, 4) is 0 Å². The lowest BCUT2D eigenvalue weighted by Crippen LogP contribution is -2.70. The Morgan fingerprint density at radius 3 is 2.59 bits per heavy atom. The van der Waals surface area contributed by atoms with E-state index in [0.29, 0.717) is 24.8 Å². The summed E-state index contributed by atoms with van der Waals surface area (Å²) in [6, 6.07) is 6.19. The summed E-state index contributed by atoms with van der Waals surface area (Å²) in [6.45, 7) is 5.91. The van der Waals surface area contributed by atoms with Gasteiger partial charge in [-0.2, -0.15) is 0 Å². The summed E-state index contributed by atoms with van der Waals surface area (Å²) in [7, 11) is 0. The van der Waals surface area contributed by atoms with Crippen LogP contribution < -0.4 is 0 Å².